The second kappa shape index (κ2) is 4.73. The number of hydrogen-bond donors (Lipinski definition) is 0. The van der Waals surface area contributed by atoms with E-state index in [0.717, 1.165) is 12.8 Å². The van der Waals surface area contributed by atoms with E-state index < -0.39 is 10.0 Å². The van der Waals surface area contributed by atoms with E-state index in [4.69, 9.17) is 4.52 Å². The summed E-state index contributed by atoms with van der Waals surface area (Å²) < 4.78 is 30.0. The van der Waals surface area contributed by atoms with Crippen LogP contribution in [0.25, 0.3) is 0 Å². The largest absolute Gasteiger partial charge is 0.339 e. The first-order valence-corrected chi connectivity index (χ1v) is 7.40. The minimum Gasteiger partial charge on any atom is -0.339 e. The molecule has 0 radical (unpaired) electrons. The maximum atomic E-state index is 11.8. The first-order valence-electron chi connectivity index (χ1n) is 5.79. The van der Waals surface area contributed by atoms with Gasteiger partial charge in [-0.1, -0.05) is 19.0 Å². The minimum atomic E-state index is -3.12. The van der Waals surface area contributed by atoms with Gasteiger partial charge in [0.05, 0.1) is 12.3 Å². The van der Waals surface area contributed by atoms with Crippen molar-refractivity contribution in [1.29, 1.82) is 0 Å². The molecule has 1 aliphatic rings. The summed E-state index contributed by atoms with van der Waals surface area (Å²) >= 11 is 0. The van der Waals surface area contributed by atoms with E-state index in [-0.39, 0.29) is 18.2 Å². The lowest BCUT2D eigenvalue weighted by molar-refractivity contribution is 0.340. The second-order valence-electron chi connectivity index (χ2n) is 4.56. The Morgan fingerprint density at radius 2 is 2.18 bits per heavy atom. The Bertz CT molecular complexity index is 481. The smallest absolute Gasteiger partial charge is 0.229 e. The summed E-state index contributed by atoms with van der Waals surface area (Å²) in [4.78, 5) is 4.19. The van der Waals surface area contributed by atoms with Crippen molar-refractivity contribution in [1.82, 2.24) is 14.4 Å². The van der Waals surface area contributed by atoms with Crippen molar-refractivity contribution in [2.24, 2.45) is 0 Å². The summed E-state index contributed by atoms with van der Waals surface area (Å²) in [6.45, 7) is 4.68. The molecule has 7 heteroatoms. The maximum Gasteiger partial charge on any atom is 0.229 e. The fourth-order valence-electron chi connectivity index (χ4n) is 1.74. The molecule has 0 aliphatic carbocycles. The van der Waals surface area contributed by atoms with Gasteiger partial charge < -0.3 is 4.52 Å². The molecule has 0 atom stereocenters. The summed E-state index contributed by atoms with van der Waals surface area (Å²) in [5.41, 5.74) is 0. The van der Waals surface area contributed by atoms with Gasteiger partial charge >= 0.3 is 0 Å². The standard InChI is InChI=1S/C10H17N3O3S/c1-8(2)10-11-9(12-16-10)7-13-5-3-4-6-17(13,14)15/h8H,3-7H2,1-2H3. The molecule has 1 saturated heterocycles. The van der Waals surface area contributed by atoms with Crippen molar-refractivity contribution in [2.75, 3.05) is 12.3 Å². The van der Waals surface area contributed by atoms with Crippen LogP contribution in [0.3, 0.4) is 0 Å². The molecule has 0 N–H and O–H groups in total. The van der Waals surface area contributed by atoms with Crippen LogP contribution in [-0.4, -0.2) is 35.2 Å². The first kappa shape index (κ1) is 12.5. The molecule has 1 aromatic heterocycles. The monoisotopic (exact) mass is 259 g/mol. The Hall–Kier alpha value is -0.950. The molecule has 2 rings (SSSR count). The lowest BCUT2D eigenvalue weighted by Crippen LogP contribution is -2.37. The highest BCUT2D eigenvalue weighted by Gasteiger charge is 2.27. The predicted molar refractivity (Wildman–Crippen MR) is 61.8 cm³/mol. The van der Waals surface area contributed by atoms with E-state index in [2.05, 4.69) is 10.1 Å². The van der Waals surface area contributed by atoms with Gasteiger partial charge in [0.1, 0.15) is 0 Å². The van der Waals surface area contributed by atoms with Gasteiger partial charge in [-0.2, -0.15) is 9.29 Å². The van der Waals surface area contributed by atoms with Gasteiger partial charge in [0.2, 0.25) is 15.9 Å². The van der Waals surface area contributed by atoms with Crippen molar-refractivity contribution in [2.45, 2.75) is 39.2 Å². The molecule has 0 unspecified atom stereocenters. The van der Waals surface area contributed by atoms with Crippen LogP contribution in [0.2, 0.25) is 0 Å². The minimum absolute atomic E-state index is 0.161. The van der Waals surface area contributed by atoms with E-state index in [1.54, 1.807) is 0 Å². The van der Waals surface area contributed by atoms with Gasteiger partial charge in [0.25, 0.3) is 0 Å². The Kier molecular flexibility index (Phi) is 3.48. The molecule has 17 heavy (non-hydrogen) atoms. The Balaban J connectivity index is 2.09. The van der Waals surface area contributed by atoms with Crippen molar-refractivity contribution >= 4 is 10.0 Å². The third kappa shape index (κ3) is 2.84. The molecule has 1 aromatic rings. The highest BCUT2D eigenvalue weighted by Crippen LogP contribution is 2.17. The van der Waals surface area contributed by atoms with Gasteiger partial charge in [0.15, 0.2) is 5.82 Å². The number of rotatable bonds is 3. The van der Waals surface area contributed by atoms with E-state index in [9.17, 15) is 8.42 Å². The van der Waals surface area contributed by atoms with E-state index >= 15 is 0 Å². The fraction of sp³-hybridized carbons (Fsp3) is 0.800. The molecule has 0 spiro atoms. The number of nitrogens with zero attached hydrogens (tertiary/aromatic N) is 3. The summed E-state index contributed by atoms with van der Waals surface area (Å²) in [7, 11) is -3.12. The third-order valence-electron chi connectivity index (χ3n) is 2.75. The number of hydrogen-bond acceptors (Lipinski definition) is 5. The van der Waals surface area contributed by atoms with Crippen LogP contribution in [0, 0.1) is 0 Å². The van der Waals surface area contributed by atoms with Crippen LogP contribution in [0.15, 0.2) is 4.52 Å². The summed E-state index contributed by atoms with van der Waals surface area (Å²) in [6, 6.07) is 0. The molecule has 0 bridgehead atoms. The van der Waals surface area contributed by atoms with Gasteiger partial charge in [-0.25, -0.2) is 8.42 Å². The lowest BCUT2D eigenvalue weighted by Gasteiger charge is -2.24. The average Bonchev–Trinajstić information content (AvgIpc) is 2.70. The molecular weight excluding hydrogens is 242 g/mol. The van der Waals surface area contributed by atoms with E-state index in [1.165, 1.54) is 4.31 Å². The van der Waals surface area contributed by atoms with Crippen LogP contribution < -0.4 is 0 Å². The van der Waals surface area contributed by atoms with Crippen LogP contribution in [-0.2, 0) is 16.6 Å². The van der Waals surface area contributed by atoms with Crippen LogP contribution in [0.4, 0.5) is 0 Å². The highest BCUT2D eigenvalue weighted by atomic mass is 32.2. The Labute approximate surface area is 101 Å². The van der Waals surface area contributed by atoms with Crippen LogP contribution in [0.1, 0.15) is 44.3 Å². The molecular formula is C10H17N3O3S. The lowest BCUT2D eigenvalue weighted by atomic mass is 10.2. The quantitative estimate of drug-likeness (QED) is 0.813. The topological polar surface area (TPSA) is 76.3 Å². The number of aromatic nitrogens is 2. The van der Waals surface area contributed by atoms with Crippen molar-refractivity contribution in [3.63, 3.8) is 0 Å². The predicted octanol–water partition coefficient (Wildman–Crippen LogP) is 1.12. The number of sulfonamides is 1. The van der Waals surface area contributed by atoms with Crippen molar-refractivity contribution in [3.8, 4) is 0 Å². The van der Waals surface area contributed by atoms with Crippen LogP contribution >= 0.6 is 0 Å². The summed E-state index contributed by atoms with van der Waals surface area (Å²) in [5, 5.41) is 3.80. The zero-order valence-corrected chi connectivity index (χ0v) is 10.9. The molecule has 0 amide bonds. The second-order valence-corrected chi connectivity index (χ2v) is 6.65. The molecule has 1 aliphatic heterocycles. The fourth-order valence-corrected chi connectivity index (χ4v) is 3.29. The normalized spacial score (nSPS) is 20.9. The SMILES string of the molecule is CC(C)c1nc(CN2CCCCS2(=O)=O)no1. The van der Waals surface area contributed by atoms with Gasteiger partial charge in [-0.15, -0.1) is 0 Å². The van der Waals surface area contributed by atoms with Gasteiger partial charge in [-0.3, -0.25) is 0 Å². The highest BCUT2D eigenvalue weighted by molar-refractivity contribution is 7.89. The Morgan fingerprint density at radius 1 is 1.41 bits per heavy atom. The van der Waals surface area contributed by atoms with Crippen molar-refractivity contribution in [3.05, 3.63) is 11.7 Å². The molecule has 96 valence electrons. The molecule has 0 aromatic carbocycles. The van der Waals surface area contributed by atoms with Crippen molar-refractivity contribution < 1.29 is 12.9 Å². The van der Waals surface area contributed by atoms with Gasteiger partial charge in [0, 0.05) is 12.5 Å². The third-order valence-corrected chi connectivity index (χ3v) is 4.65. The first-order chi connectivity index (χ1) is 7.99. The molecule has 1 fully saturated rings. The zero-order valence-electron chi connectivity index (χ0n) is 10.1. The molecule has 0 saturated carbocycles. The van der Waals surface area contributed by atoms with E-state index in [0.29, 0.717) is 18.3 Å². The zero-order chi connectivity index (χ0) is 12.5. The van der Waals surface area contributed by atoms with Crippen LogP contribution in [0.5, 0.6) is 0 Å². The summed E-state index contributed by atoms with van der Waals surface area (Å²) in [5.74, 6) is 1.38. The van der Waals surface area contributed by atoms with Gasteiger partial charge in [-0.05, 0) is 12.8 Å². The molecule has 6 nitrogen and oxygen atoms in total. The Morgan fingerprint density at radius 3 is 2.76 bits per heavy atom. The maximum absolute atomic E-state index is 11.8. The summed E-state index contributed by atoms with van der Waals surface area (Å²) in [6.07, 6.45) is 1.64. The molecule has 2 heterocycles. The van der Waals surface area contributed by atoms with E-state index in [1.807, 2.05) is 13.8 Å². The average molecular weight is 259 g/mol.